The van der Waals surface area contributed by atoms with Crippen LogP contribution in [0.3, 0.4) is 0 Å². The van der Waals surface area contributed by atoms with Crippen molar-refractivity contribution in [3.63, 3.8) is 0 Å². The Morgan fingerprint density at radius 1 is 1.14 bits per heavy atom. The lowest BCUT2D eigenvalue weighted by Crippen LogP contribution is -2.22. The SMILES string of the molecule is Cc1cc(C)c(OCC(=O)Nc2ccc(Cl)cc2C(O)c2ccccc2)c(Br)c1. The van der Waals surface area contributed by atoms with Crippen molar-refractivity contribution in [1.82, 2.24) is 0 Å². The Hall–Kier alpha value is -2.34. The van der Waals surface area contributed by atoms with Crippen LogP contribution in [0.4, 0.5) is 5.69 Å². The zero-order valence-corrected chi connectivity index (χ0v) is 18.4. The van der Waals surface area contributed by atoms with Crippen molar-refractivity contribution < 1.29 is 14.6 Å². The number of carbonyl (C=O) groups is 1. The summed E-state index contributed by atoms with van der Waals surface area (Å²) in [6.07, 6.45) is -0.917. The van der Waals surface area contributed by atoms with Crippen LogP contribution in [0.15, 0.2) is 65.1 Å². The highest BCUT2D eigenvalue weighted by molar-refractivity contribution is 9.10. The van der Waals surface area contributed by atoms with Crippen LogP contribution in [0.25, 0.3) is 0 Å². The molecule has 0 saturated carbocycles. The van der Waals surface area contributed by atoms with Crippen LogP contribution < -0.4 is 10.1 Å². The van der Waals surface area contributed by atoms with Gasteiger partial charge in [-0.15, -0.1) is 0 Å². The van der Waals surface area contributed by atoms with E-state index in [1.54, 1.807) is 18.2 Å². The van der Waals surface area contributed by atoms with E-state index in [1.807, 2.05) is 56.3 Å². The number of aryl methyl sites for hydroxylation is 2. The lowest BCUT2D eigenvalue weighted by Gasteiger charge is -2.18. The average Bonchev–Trinajstić information content (AvgIpc) is 2.68. The second kappa shape index (κ2) is 9.44. The summed E-state index contributed by atoms with van der Waals surface area (Å²) in [5, 5.41) is 14.1. The topological polar surface area (TPSA) is 58.6 Å². The van der Waals surface area contributed by atoms with Gasteiger partial charge in [-0.3, -0.25) is 4.79 Å². The quantitative estimate of drug-likeness (QED) is 0.473. The van der Waals surface area contributed by atoms with Gasteiger partial charge < -0.3 is 15.2 Å². The van der Waals surface area contributed by atoms with Crippen LogP contribution in [-0.4, -0.2) is 17.6 Å². The number of aliphatic hydroxyl groups excluding tert-OH is 1. The van der Waals surface area contributed by atoms with Crippen molar-refractivity contribution in [3.8, 4) is 5.75 Å². The van der Waals surface area contributed by atoms with Gasteiger partial charge in [0.15, 0.2) is 6.61 Å². The first-order chi connectivity index (χ1) is 13.8. The Kier molecular flexibility index (Phi) is 6.96. The number of nitrogens with one attached hydrogen (secondary N) is 1. The van der Waals surface area contributed by atoms with E-state index in [2.05, 4.69) is 21.2 Å². The number of carbonyl (C=O) groups excluding carboxylic acids is 1. The standard InChI is InChI=1S/C23H21BrClNO3/c1-14-10-15(2)23(19(24)11-14)29-13-21(27)26-20-9-8-17(25)12-18(20)22(28)16-6-4-3-5-7-16/h3-12,22,28H,13H2,1-2H3,(H,26,27). The van der Waals surface area contributed by atoms with Gasteiger partial charge in [-0.2, -0.15) is 0 Å². The van der Waals surface area contributed by atoms with Crippen molar-refractivity contribution in [2.24, 2.45) is 0 Å². The second-order valence-electron chi connectivity index (χ2n) is 6.77. The monoisotopic (exact) mass is 473 g/mol. The molecule has 2 N–H and O–H groups in total. The maximum atomic E-state index is 12.5. The summed E-state index contributed by atoms with van der Waals surface area (Å²) in [5.74, 6) is 0.298. The molecule has 29 heavy (non-hydrogen) atoms. The van der Waals surface area contributed by atoms with E-state index in [-0.39, 0.29) is 12.5 Å². The molecule has 0 fully saturated rings. The number of rotatable bonds is 6. The highest BCUT2D eigenvalue weighted by atomic mass is 79.9. The molecule has 0 aromatic heterocycles. The van der Waals surface area contributed by atoms with Gasteiger partial charge in [0.25, 0.3) is 5.91 Å². The molecule has 1 atom stereocenters. The van der Waals surface area contributed by atoms with Gasteiger partial charge in [-0.05, 0) is 70.7 Å². The number of aliphatic hydroxyl groups is 1. The minimum atomic E-state index is -0.917. The van der Waals surface area contributed by atoms with E-state index in [9.17, 15) is 9.90 Å². The first kappa shape index (κ1) is 21.4. The van der Waals surface area contributed by atoms with Gasteiger partial charge in [-0.25, -0.2) is 0 Å². The Morgan fingerprint density at radius 3 is 2.55 bits per heavy atom. The van der Waals surface area contributed by atoms with Crippen LogP contribution in [0, 0.1) is 13.8 Å². The van der Waals surface area contributed by atoms with E-state index < -0.39 is 6.10 Å². The molecule has 0 aliphatic carbocycles. The van der Waals surface area contributed by atoms with Crippen LogP contribution >= 0.6 is 27.5 Å². The van der Waals surface area contributed by atoms with E-state index >= 15 is 0 Å². The molecule has 0 heterocycles. The molecule has 150 valence electrons. The van der Waals surface area contributed by atoms with Gasteiger partial charge in [0.2, 0.25) is 0 Å². The van der Waals surface area contributed by atoms with E-state index in [0.717, 1.165) is 15.6 Å². The first-order valence-corrected chi connectivity index (χ1v) is 10.2. The highest BCUT2D eigenvalue weighted by Crippen LogP contribution is 2.32. The number of amides is 1. The summed E-state index contributed by atoms with van der Waals surface area (Å²) in [4.78, 5) is 12.5. The Bertz CT molecular complexity index is 1000. The third-order valence-electron chi connectivity index (χ3n) is 4.42. The van der Waals surface area contributed by atoms with Crippen LogP contribution in [0.2, 0.25) is 5.02 Å². The number of ether oxygens (including phenoxy) is 1. The molecule has 3 aromatic carbocycles. The van der Waals surface area contributed by atoms with Gasteiger partial charge >= 0.3 is 0 Å². The molecule has 0 spiro atoms. The van der Waals surface area contributed by atoms with Crippen LogP contribution in [0.1, 0.15) is 28.4 Å². The molecule has 3 rings (SSSR count). The molecule has 0 aliphatic heterocycles. The smallest absolute Gasteiger partial charge is 0.262 e. The predicted molar refractivity (Wildman–Crippen MR) is 120 cm³/mol. The molecule has 1 unspecified atom stereocenters. The van der Waals surface area contributed by atoms with Crippen molar-refractivity contribution in [2.75, 3.05) is 11.9 Å². The molecule has 1 amide bonds. The molecule has 0 aliphatic rings. The van der Waals surface area contributed by atoms with Gasteiger partial charge in [0.1, 0.15) is 11.9 Å². The van der Waals surface area contributed by atoms with Crippen molar-refractivity contribution >= 4 is 39.1 Å². The minimum Gasteiger partial charge on any atom is -0.482 e. The van der Waals surface area contributed by atoms with E-state index in [0.29, 0.717) is 27.6 Å². The molecular formula is C23H21BrClNO3. The molecule has 4 nitrogen and oxygen atoms in total. The predicted octanol–water partition coefficient (Wildman–Crippen LogP) is 5.82. The summed E-state index contributed by atoms with van der Waals surface area (Å²) < 4.78 is 6.52. The summed E-state index contributed by atoms with van der Waals surface area (Å²) in [6.45, 7) is 3.76. The number of hydrogen-bond acceptors (Lipinski definition) is 3. The van der Waals surface area contributed by atoms with Gasteiger partial charge in [0.05, 0.1) is 4.47 Å². The van der Waals surface area contributed by atoms with Crippen LogP contribution in [0.5, 0.6) is 5.75 Å². The Balaban J connectivity index is 1.76. The van der Waals surface area contributed by atoms with Gasteiger partial charge in [-0.1, -0.05) is 48.0 Å². The molecule has 0 radical (unpaired) electrons. The third-order valence-corrected chi connectivity index (χ3v) is 5.24. The fourth-order valence-corrected chi connectivity index (χ4v) is 4.07. The fourth-order valence-electron chi connectivity index (χ4n) is 3.10. The number of hydrogen-bond donors (Lipinski definition) is 2. The third kappa shape index (κ3) is 5.38. The zero-order valence-electron chi connectivity index (χ0n) is 16.1. The maximum Gasteiger partial charge on any atom is 0.262 e. The van der Waals surface area contributed by atoms with Crippen molar-refractivity contribution in [2.45, 2.75) is 20.0 Å². The van der Waals surface area contributed by atoms with Gasteiger partial charge in [0, 0.05) is 16.3 Å². The van der Waals surface area contributed by atoms with Crippen molar-refractivity contribution in [3.05, 3.63) is 92.4 Å². The molecular weight excluding hydrogens is 454 g/mol. The molecule has 0 saturated heterocycles. The molecule has 0 bridgehead atoms. The summed E-state index contributed by atoms with van der Waals surface area (Å²) in [7, 11) is 0. The summed E-state index contributed by atoms with van der Waals surface area (Å²) in [5.41, 5.74) is 3.76. The number of halogens is 2. The van der Waals surface area contributed by atoms with E-state index in [4.69, 9.17) is 16.3 Å². The summed E-state index contributed by atoms with van der Waals surface area (Å²) >= 11 is 9.59. The average molecular weight is 475 g/mol. The van der Waals surface area contributed by atoms with E-state index in [1.165, 1.54) is 0 Å². The normalized spacial score (nSPS) is 11.8. The van der Waals surface area contributed by atoms with Crippen LogP contribution in [-0.2, 0) is 4.79 Å². The maximum absolute atomic E-state index is 12.5. The lowest BCUT2D eigenvalue weighted by molar-refractivity contribution is -0.118. The molecule has 3 aromatic rings. The fraction of sp³-hybridized carbons (Fsp3) is 0.174. The first-order valence-electron chi connectivity index (χ1n) is 9.07. The molecule has 6 heteroatoms. The lowest BCUT2D eigenvalue weighted by atomic mass is 10.00. The Labute approximate surface area is 183 Å². The number of benzene rings is 3. The largest absolute Gasteiger partial charge is 0.482 e. The second-order valence-corrected chi connectivity index (χ2v) is 8.07. The Morgan fingerprint density at radius 2 is 1.86 bits per heavy atom. The number of anilines is 1. The zero-order chi connectivity index (χ0) is 21.0. The highest BCUT2D eigenvalue weighted by Gasteiger charge is 2.17. The summed E-state index contributed by atoms with van der Waals surface area (Å²) in [6, 6.07) is 18.1. The minimum absolute atomic E-state index is 0.161. The van der Waals surface area contributed by atoms with Crippen molar-refractivity contribution in [1.29, 1.82) is 0 Å².